The van der Waals surface area contributed by atoms with Gasteiger partial charge in [-0.1, -0.05) is 69.6 Å². The van der Waals surface area contributed by atoms with Gasteiger partial charge in [0, 0.05) is 0 Å². The molecule has 0 heterocycles. The van der Waals surface area contributed by atoms with Gasteiger partial charge in [-0.05, 0) is 63.5 Å². The monoisotopic (exact) mass is 299 g/mol. The highest BCUT2D eigenvalue weighted by molar-refractivity contribution is 5.03. The molecule has 0 fully saturated rings. The lowest BCUT2D eigenvalue weighted by Crippen LogP contribution is -1.75. The molecule has 0 amide bonds. The van der Waals surface area contributed by atoms with E-state index in [1.807, 2.05) is 6.08 Å². The van der Waals surface area contributed by atoms with Gasteiger partial charge in [0.15, 0.2) is 0 Å². The summed E-state index contributed by atoms with van der Waals surface area (Å²) in [5.41, 5.74) is 3.16. The van der Waals surface area contributed by atoms with Gasteiger partial charge in [0.05, 0.1) is 0 Å². The minimum Gasteiger partial charge on any atom is -0.125 e. The second-order valence-electron chi connectivity index (χ2n) is 5.54. The topological polar surface area (TPSA) is 0 Å². The molecule has 0 aliphatic carbocycles. The van der Waals surface area contributed by atoms with Crippen LogP contribution in [-0.4, -0.2) is 0 Å². The van der Waals surface area contributed by atoms with E-state index in [0.29, 0.717) is 0 Å². The molecular weight excluding hydrogens is 264 g/mol. The number of hydrogen-bond donors (Lipinski definition) is 0. The Morgan fingerprint density at radius 2 is 1.41 bits per heavy atom. The van der Waals surface area contributed by atoms with E-state index < -0.39 is 0 Å². The number of rotatable bonds is 14. The van der Waals surface area contributed by atoms with E-state index in [9.17, 15) is 0 Å². The Balaban J connectivity index is 3.35. The molecule has 0 saturated carbocycles. The quantitative estimate of drug-likeness (QED) is 0.135. The largest absolute Gasteiger partial charge is 0.125 e. The van der Waals surface area contributed by atoms with Crippen LogP contribution in [0, 0.1) is 6.92 Å². The summed E-state index contributed by atoms with van der Waals surface area (Å²) in [5, 5.41) is 0. The maximum atomic E-state index is 3.87. The Morgan fingerprint density at radius 1 is 0.773 bits per heavy atom. The summed E-state index contributed by atoms with van der Waals surface area (Å²) < 4.78 is 0. The van der Waals surface area contributed by atoms with Crippen molar-refractivity contribution < 1.29 is 0 Å². The van der Waals surface area contributed by atoms with Gasteiger partial charge in [-0.2, -0.15) is 0 Å². The first kappa shape index (κ1) is 20.7. The fourth-order valence-corrected chi connectivity index (χ4v) is 2.05. The van der Waals surface area contributed by atoms with E-state index in [1.54, 1.807) is 0 Å². The summed E-state index contributed by atoms with van der Waals surface area (Å²) >= 11 is 0. The normalized spacial score (nSPS) is 11.5. The lowest BCUT2D eigenvalue weighted by atomic mass is 10.1. The maximum Gasteiger partial charge on any atom is -0.00929 e. The summed E-state index contributed by atoms with van der Waals surface area (Å²) in [7, 11) is 0. The Kier molecular flexibility index (Phi) is 18.6. The molecule has 0 aromatic heterocycles. The van der Waals surface area contributed by atoms with Gasteiger partial charge in [-0.25, -0.2) is 0 Å². The van der Waals surface area contributed by atoms with E-state index in [1.165, 1.54) is 51.4 Å². The predicted octanol–water partition coefficient (Wildman–Crippen LogP) is 7.51. The summed E-state index contributed by atoms with van der Waals surface area (Å²) in [6, 6.07) is 0. The van der Waals surface area contributed by atoms with Crippen LogP contribution in [-0.2, 0) is 0 Å². The molecule has 123 valence electrons. The van der Waals surface area contributed by atoms with Gasteiger partial charge < -0.3 is 0 Å². The van der Waals surface area contributed by atoms with Crippen LogP contribution in [0.5, 0.6) is 0 Å². The second kappa shape index (κ2) is 19.7. The molecule has 0 unspecified atom stereocenters. The lowest BCUT2D eigenvalue weighted by molar-refractivity contribution is 0.692. The Labute approximate surface area is 139 Å². The van der Waals surface area contributed by atoms with Crippen molar-refractivity contribution in [1.82, 2.24) is 0 Å². The predicted molar refractivity (Wildman–Crippen MR) is 102 cm³/mol. The molecule has 0 aromatic carbocycles. The minimum absolute atomic E-state index is 0.990. The van der Waals surface area contributed by atoms with Gasteiger partial charge in [0.1, 0.15) is 0 Å². The maximum absolute atomic E-state index is 3.87. The van der Waals surface area contributed by atoms with Gasteiger partial charge in [0.25, 0.3) is 0 Å². The molecule has 0 heteroatoms. The summed E-state index contributed by atoms with van der Waals surface area (Å²) in [6.07, 6.45) is 30.8. The smallest absolute Gasteiger partial charge is 0.00929 e. The van der Waals surface area contributed by atoms with Crippen molar-refractivity contribution >= 4 is 0 Å². The molecular formula is C22H35. The van der Waals surface area contributed by atoms with E-state index in [4.69, 9.17) is 0 Å². The molecule has 0 aliphatic rings. The zero-order valence-corrected chi connectivity index (χ0v) is 14.6. The highest BCUT2D eigenvalue weighted by Crippen LogP contribution is 2.05. The van der Waals surface area contributed by atoms with E-state index in [0.717, 1.165) is 19.3 Å². The molecule has 0 N–H and O–H groups in total. The molecule has 0 rings (SSSR count). The molecule has 0 aliphatic heterocycles. The fraction of sp³-hybridized carbons (Fsp3) is 0.545. The third kappa shape index (κ3) is 18.7. The van der Waals surface area contributed by atoms with Gasteiger partial charge in [-0.3, -0.25) is 0 Å². The third-order valence-electron chi connectivity index (χ3n) is 3.38. The SMILES string of the molecule is [CH2]CCCCCC=CCCCCC=CCC=C=CC=CCC. The highest BCUT2D eigenvalue weighted by atomic mass is 13.9. The van der Waals surface area contributed by atoms with Crippen LogP contribution >= 0.6 is 0 Å². The summed E-state index contributed by atoms with van der Waals surface area (Å²) in [4.78, 5) is 0. The van der Waals surface area contributed by atoms with Gasteiger partial charge in [-0.15, -0.1) is 5.73 Å². The number of allylic oxidation sites excluding steroid dienone is 7. The first-order chi connectivity index (χ1) is 10.9. The van der Waals surface area contributed by atoms with Crippen LogP contribution in [0.15, 0.2) is 54.3 Å². The van der Waals surface area contributed by atoms with Crippen molar-refractivity contribution in [2.75, 3.05) is 0 Å². The molecule has 22 heavy (non-hydrogen) atoms. The van der Waals surface area contributed by atoms with Crippen molar-refractivity contribution in [3.63, 3.8) is 0 Å². The van der Waals surface area contributed by atoms with Crippen LogP contribution in [0.25, 0.3) is 0 Å². The van der Waals surface area contributed by atoms with E-state index in [-0.39, 0.29) is 0 Å². The average Bonchev–Trinajstić information content (AvgIpc) is 2.54. The van der Waals surface area contributed by atoms with Crippen molar-refractivity contribution in [1.29, 1.82) is 0 Å². The molecule has 0 nitrogen and oxygen atoms in total. The molecule has 1 radical (unpaired) electrons. The second-order valence-corrected chi connectivity index (χ2v) is 5.54. The summed E-state index contributed by atoms with van der Waals surface area (Å²) in [6.45, 7) is 6.00. The average molecular weight is 300 g/mol. The zero-order chi connectivity index (χ0) is 16.1. The van der Waals surface area contributed by atoms with Crippen LogP contribution in [0.4, 0.5) is 0 Å². The summed E-state index contributed by atoms with van der Waals surface area (Å²) in [5.74, 6) is 0. The highest BCUT2D eigenvalue weighted by Gasteiger charge is 1.86. The molecule has 0 atom stereocenters. The first-order valence-corrected chi connectivity index (χ1v) is 9.07. The number of hydrogen-bond acceptors (Lipinski definition) is 0. The van der Waals surface area contributed by atoms with Crippen molar-refractivity contribution in [2.45, 2.75) is 77.6 Å². The fourth-order valence-electron chi connectivity index (χ4n) is 2.05. The Morgan fingerprint density at radius 3 is 2.05 bits per heavy atom. The minimum atomic E-state index is 0.990. The van der Waals surface area contributed by atoms with Crippen LogP contribution < -0.4 is 0 Å². The Bertz CT molecular complexity index is 348. The van der Waals surface area contributed by atoms with Crippen LogP contribution in [0.3, 0.4) is 0 Å². The van der Waals surface area contributed by atoms with Crippen LogP contribution in [0.2, 0.25) is 0 Å². The molecule has 0 aromatic rings. The Hall–Kier alpha value is -1.26. The lowest BCUT2D eigenvalue weighted by Gasteiger charge is -1.95. The van der Waals surface area contributed by atoms with Gasteiger partial charge >= 0.3 is 0 Å². The van der Waals surface area contributed by atoms with Crippen molar-refractivity contribution in [3.05, 3.63) is 61.3 Å². The molecule has 0 bridgehead atoms. The van der Waals surface area contributed by atoms with Crippen LogP contribution in [0.1, 0.15) is 77.6 Å². The van der Waals surface area contributed by atoms with E-state index >= 15 is 0 Å². The van der Waals surface area contributed by atoms with Crippen molar-refractivity contribution in [3.8, 4) is 0 Å². The zero-order valence-electron chi connectivity index (χ0n) is 14.6. The molecule has 0 spiro atoms. The third-order valence-corrected chi connectivity index (χ3v) is 3.38. The first-order valence-electron chi connectivity index (χ1n) is 9.07. The number of unbranched alkanes of at least 4 members (excludes halogenated alkanes) is 7. The van der Waals surface area contributed by atoms with E-state index in [2.05, 4.69) is 62.1 Å². The molecule has 0 saturated heterocycles. The van der Waals surface area contributed by atoms with Crippen molar-refractivity contribution in [2.24, 2.45) is 0 Å². The standard InChI is InChI=1S/C22H35/c1-3-5-7-9-11-13-15-17-19-21-22-20-18-16-14-12-10-8-6-4-2/h6,8,10,13-15,18,20H,1,3-5,7,9,11,16-17,19,21-22H2,2H3. The van der Waals surface area contributed by atoms with Gasteiger partial charge in [0.2, 0.25) is 0 Å².